The SMILES string of the molecule is CCCNC(=O)N1CCC(N2C[C@H](OC)[C@@H]2c2cccnc2)CC1. The summed E-state index contributed by atoms with van der Waals surface area (Å²) in [7, 11) is 1.78. The maximum absolute atomic E-state index is 12.1. The second kappa shape index (κ2) is 7.94. The van der Waals surface area contributed by atoms with Crippen molar-refractivity contribution < 1.29 is 9.53 Å². The number of rotatable bonds is 5. The van der Waals surface area contributed by atoms with E-state index < -0.39 is 0 Å². The van der Waals surface area contributed by atoms with Gasteiger partial charge < -0.3 is 15.0 Å². The summed E-state index contributed by atoms with van der Waals surface area (Å²) >= 11 is 0. The topological polar surface area (TPSA) is 57.7 Å². The van der Waals surface area contributed by atoms with E-state index in [-0.39, 0.29) is 18.2 Å². The van der Waals surface area contributed by atoms with E-state index in [2.05, 4.69) is 28.2 Å². The number of urea groups is 1. The van der Waals surface area contributed by atoms with Gasteiger partial charge in [0.25, 0.3) is 0 Å². The molecular formula is C18H28N4O2. The van der Waals surface area contributed by atoms with Gasteiger partial charge in [-0.2, -0.15) is 0 Å². The predicted molar refractivity (Wildman–Crippen MR) is 92.8 cm³/mol. The molecule has 2 fully saturated rings. The van der Waals surface area contributed by atoms with Gasteiger partial charge in [0.15, 0.2) is 0 Å². The third-order valence-electron chi connectivity index (χ3n) is 5.18. The molecular weight excluding hydrogens is 304 g/mol. The fraction of sp³-hybridized carbons (Fsp3) is 0.667. The van der Waals surface area contributed by atoms with Crippen molar-refractivity contribution in [3.63, 3.8) is 0 Å². The van der Waals surface area contributed by atoms with Crippen LogP contribution < -0.4 is 5.32 Å². The van der Waals surface area contributed by atoms with Crippen LogP contribution in [0.3, 0.4) is 0 Å². The van der Waals surface area contributed by atoms with Crippen molar-refractivity contribution in [1.82, 2.24) is 20.1 Å². The summed E-state index contributed by atoms with van der Waals surface area (Å²) in [5.41, 5.74) is 1.22. The van der Waals surface area contributed by atoms with Gasteiger partial charge in [-0.1, -0.05) is 13.0 Å². The normalized spacial score (nSPS) is 25.3. The van der Waals surface area contributed by atoms with Gasteiger partial charge in [0.2, 0.25) is 0 Å². The van der Waals surface area contributed by atoms with E-state index >= 15 is 0 Å². The third-order valence-corrected chi connectivity index (χ3v) is 5.18. The summed E-state index contributed by atoms with van der Waals surface area (Å²) in [6.07, 6.45) is 7.00. The molecule has 2 aliphatic heterocycles. The number of amides is 2. The van der Waals surface area contributed by atoms with Crippen LogP contribution in [0.1, 0.15) is 37.8 Å². The molecule has 2 atom stereocenters. The lowest BCUT2D eigenvalue weighted by molar-refractivity contribution is -0.115. The molecule has 0 bridgehead atoms. The van der Waals surface area contributed by atoms with Crippen molar-refractivity contribution in [2.45, 2.75) is 44.4 Å². The maximum atomic E-state index is 12.1. The molecule has 0 saturated carbocycles. The van der Waals surface area contributed by atoms with Crippen molar-refractivity contribution >= 4 is 6.03 Å². The first-order valence-corrected chi connectivity index (χ1v) is 8.95. The number of hydrogen-bond acceptors (Lipinski definition) is 4. The number of carbonyl (C=O) groups is 1. The first kappa shape index (κ1) is 17.2. The number of carbonyl (C=O) groups excluding carboxylic acids is 1. The van der Waals surface area contributed by atoms with E-state index in [1.807, 2.05) is 23.4 Å². The maximum Gasteiger partial charge on any atom is 0.317 e. The highest BCUT2D eigenvalue weighted by Crippen LogP contribution is 2.39. The fourth-order valence-corrected chi connectivity index (χ4v) is 3.78. The molecule has 0 aromatic carbocycles. The molecule has 3 heterocycles. The summed E-state index contributed by atoms with van der Waals surface area (Å²) in [5, 5.41) is 2.97. The predicted octanol–water partition coefficient (Wildman–Crippen LogP) is 2.04. The van der Waals surface area contributed by atoms with Gasteiger partial charge in [-0.05, 0) is 30.9 Å². The summed E-state index contributed by atoms with van der Waals surface area (Å²) in [6, 6.07) is 4.99. The molecule has 0 aliphatic carbocycles. The Bertz CT molecular complexity index is 531. The number of ether oxygens (including phenoxy) is 1. The van der Waals surface area contributed by atoms with Crippen molar-refractivity contribution in [3.8, 4) is 0 Å². The Morgan fingerprint density at radius 2 is 2.21 bits per heavy atom. The smallest absolute Gasteiger partial charge is 0.317 e. The number of nitrogens with one attached hydrogen (secondary N) is 1. The molecule has 2 aliphatic rings. The van der Waals surface area contributed by atoms with E-state index in [0.29, 0.717) is 6.04 Å². The van der Waals surface area contributed by atoms with Gasteiger partial charge in [0, 0.05) is 51.7 Å². The van der Waals surface area contributed by atoms with Crippen molar-refractivity contribution in [3.05, 3.63) is 30.1 Å². The molecule has 6 heteroatoms. The summed E-state index contributed by atoms with van der Waals surface area (Å²) in [6.45, 7) is 5.44. The zero-order valence-electron chi connectivity index (χ0n) is 14.6. The number of pyridine rings is 1. The minimum atomic E-state index is 0.0810. The van der Waals surface area contributed by atoms with Crippen LogP contribution in [0.15, 0.2) is 24.5 Å². The summed E-state index contributed by atoms with van der Waals surface area (Å²) in [5.74, 6) is 0. The lowest BCUT2D eigenvalue weighted by Gasteiger charge is -2.52. The Kier molecular flexibility index (Phi) is 5.68. The lowest BCUT2D eigenvalue weighted by atomic mass is 9.88. The van der Waals surface area contributed by atoms with Crippen molar-refractivity contribution in [1.29, 1.82) is 0 Å². The molecule has 0 radical (unpaired) electrons. The molecule has 0 spiro atoms. The van der Waals surface area contributed by atoms with Crippen LogP contribution in [0.5, 0.6) is 0 Å². The molecule has 2 amide bonds. The van der Waals surface area contributed by atoms with Crippen LogP contribution in [0.4, 0.5) is 4.79 Å². The average molecular weight is 332 g/mol. The van der Waals surface area contributed by atoms with E-state index in [1.54, 1.807) is 7.11 Å². The van der Waals surface area contributed by atoms with Crippen LogP contribution in [-0.4, -0.2) is 66.2 Å². The van der Waals surface area contributed by atoms with Crippen molar-refractivity contribution in [2.24, 2.45) is 0 Å². The molecule has 6 nitrogen and oxygen atoms in total. The Morgan fingerprint density at radius 1 is 1.42 bits per heavy atom. The zero-order valence-corrected chi connectivity index (χ0v) is 14.6. The van der Waals surface area contributed by atoms with Gasteiger partial charge in [0.05, 0.1) is 12.1 Å². The molecule has 3 rings (SSSR count). The van der Waals surface area contributed by atoms with Gasteiger partial charge in [-0.3, -0.25) is 9.88 Å². The fourth-order valence-electron chi connectivity index (χ4n) is 3.78. The Labute approximate surface area is 144 Å². The molecule has 1 aromatic heterocycles. The van der Waals surface area contributed by atoms with Crippen molar-refractivity contribution in [2.75, 3.05) is 33.3 Å². The van der Waals surface area contributed by atoms with Crippen LogP contribution in [0.2, 0.25) is 0 Å². The Balaban J connectivity index is 1.57. The lowest BCUT2D eigenvalue weighted by Crippen LogP contribution is -2.60. The molecule has 2 saturated heterocycles. The van der Waals surface area contributed by atoms with Gasteiger partial charge in [-0.25, -0.2) is 4.79 Å². The first-order chi connectivity index (χ1) is 11.7. The Hall–Kier alpha value is -1.66. The zero-order chi connectivity index (χ0) is 16.9. The number of methoxy groups -OCH3 is 1. The van der Waals surface area contributed by atoms with E-state index in [9.17, 15) is 4.79 Å². The van der Waals surface area contributed by atoms with Gasteiger partial charge >= 0.3 is 6.03 Å². The standard InChI is InChI=1S/C18H28N4O2/c1-3-8-20-18(23)21-10-6-15(7-11-21)22-13-16(24-2)17(22)14-5-4-9-19-12-14/h4-5,9,12,15-17H,3,6-8,10-11,13H2,1-2H3,(H,20,23)/t16-,17-/m0/s1. The van der Waals surface area contributed by atoms with E-state index in [0.717, 1.165) is 45.4 Å². The Morgan fingerprint density at radius 3 is 2.83 bits per heavy atom. The molecule has 1 N–H and O–H groups in total. The van der Waals surface area contributed by atoms with Crippen LogP contribution in [0.25, 0.3) is 0 Å². The summed E-state index contributed by atoms with van der Waals surface area (Å²) in [4.78, 5) is 20.8. The minimum absolute atomic E-state index is 0.0810. The van der Waals surface area contributed by atoms with E-state index in [1.165, 1.54) is 5.56 Å². The van der Waals surface area contributed by atoms with Gasteiger partial charge in [-0.15, -0.1) is 0 Å². The van der Waals surface area contributed by atoms with Crippen LogP contribution >= 0.6 is 0 Å². The summed E-state index contributed by atoms with van der Waals surface area (Å²) < 4.78 is 5.63. The second-order valence-corrected chi connectivity index (χ2v) is 6.65. The monoisotopic (exact) mass is 332 g/mol. The molecule has 0 unspecified atom stereocenters. The number of piperidine rings is 1. The van der Waals surface area contributed by atoms with Crippen LogP contribution in [0, 0.1) is 0 Å². The molecule has 132 valence electrons. The molecule has 1 aromatic rings. The number of aromatic nitrogens is 1. The van der Waals surface area contributed by atoms with Gasteiger partial charge in [0.1, 0.15) is 0 Å². The highest BCUT2D eigenvalue weighted by atomic mass is 16.5. The first-order valence-electron chi connectivity index (χ1n) is 8.95. The van der Waals surface area contributed by atoms with Crippen LogP contribution in [-0.2, 0) is 4.74 Å². The largest absolute Gasteiger partial charge is 0.378 e. The highest BCUT2D eigenvalue weighted by molar-refractivity contribution is 5.74. The minimum Gasteiger partial charge on any atom is -0.378 e. The quantitative estimate of drug-likeness (QED) is 0.896. The number of likely N-dealkylation sites (tertiary alicyclic amines) is 2. The second-order valence-electron chi connectivity index (χ2n) is 6.65. The van der Waals surface area contributed by atoms with E-state index in [4.69, 9.17) is 4.74 Å². The number of hydrogen-bond donors (Lipinski definition) is 1. The third kappa shape index (κ3) is 3.54. The average Bonchev–Trinajstić information content (AvgIpc) is 2.60. The highest BCUT2D eigenvalue weighted by Gasteiger charge is 2.44. The number of nitrogens with zero attached hydrogens (tertiary/aromatic N) is 3. The molecule has 24 heavy (non-hydrogen) atoms.